The second-order valence-corrected chi connectivity index (χ2v) is 8.17. The molecule has 0 unspecified atom stereocenters. The highest BCUT2D eigenvalue weighted by atomic mass is 35.5. The first-order chi connectivity index (χ1) is 15.1. The third-order valence-corrected chi connectivity index (χ3v) is 5.83. The zero-order valence-corrected chi connectivity index (χ0v) is 19.2. The van der Waals surface area contributed by atoms with Gasteiger partial charge in [0.1, 0.15) is 0 Å². The number of hydrogen-bond acceptors (Lipinski definition) is 5. The summed E-state index contributed by atoms with van der Waals surface area (Å²) in [5, 5.41) is 4.88. The van der Waals surface area contributed by atoms with Gasteiger partial charge in [0, 0.05) is 56.5 Å². The number of carbonyl (C=O) groups is 1. The van der Waals surface area contributed by atoms with Crippen molar-refractivity contribution >= 4 is 29.4 Å². The maximum absolute atomic E-state index is 12.2. The standard InChI is InChI=1S/C24H32ClN5O/c1-3-30(4-2)23-11-7-20(8-12-23)17-26-27-24(31)19-29-15-13-28(14-16-29)18-21-5-9-22(25)10-6-21/h5-12,17H,3-4,13-16,18-19H2,1-2H3,(H,27,31)/b26-17-. The van der Waals surface area contributed by atoms with Crippen molar-refractivity contribution in [1.29, 1.82) is 0 Å². The summed E-state index contributed by atoms with van der Waals surface area (Å²) in [7, 11) is 0. The number of piperazine rings is 1. The maximum atomic E-state index is 12.2. The molecular weight excluding hydrogens is 410 g/mol. The number of benzene rings is 2. The maximum Gasteiger partial charge on any atom is 0.254 e. The SMILES string of the molecule is CCN(CC)c1ccc(/C=N\NC(=O)CN2CCN(Cc3ccc(Cl)cc3)CC2)cc1. The monoisotopic (exact) mass is 441 g/mol. The Morgan fingerprint density at radius 1 is 1.00 bits per heavy atom. The van der Waals surface area contributed by atoms with Gasteiger partial charge >= 0.3 is 0 Å². The zero-order valence-electron chi connectivity index (χ0n) is 18.4. The van der Waals surface area contributed by atoms with Crippen molar-refractivity contribution in [1.82, 2.24) is 15.2 Å². The minimum absolute atomic E-state index is 0.0813. The van der Waals surface area contributed by atoms with Gasteiger partial charge in [-0.3, -0.25) is 14.6 Å². The molecule has 0 bridgehead atoms. The fraction of sp³-hybridized carbons (Fsp3) is 0.417. The van der Waals surface area contributed by atoms with Crippen molar-refractivity contribution < 1.29 is 4.79 Å². The van der Waals surface area contributed by atoms with Crippen molar-refractivity contribution in [3.8, 4) is 0 Å². The van der Waals surface area contributed by atoms with Gasteiger partial charge in [-0.05, 0) is 49.2 Å². The third-order valence-electron chi connectivity index (χ3n) is 5.58. The van der Waals surface area contributed by atoms with Crippen LogP contribution < -0.4 is 10.3 Å². The Morgan fingerprint density at radius 3 is 2.23 bits per heavy atom. The van der Waals surface area contributed by atoms with Crippen LogP contribution in [0.5, 0.6) is 0 Å². The molecule has 3 rings (SSSR count). The second kappa shape index (κ2) is 11.8. The van der Waals surface area contributed by atoms with Crippen LogP contribution in [0.2, 0.25) is 5.02 Å². The van der Waals surface area contributed by atoms with E-state index in [0.29, 0.717) is 6.54 Å². The number of nitrogens with zero attached hydrogens (tertiary/aromatic N) is 4. The van der Waals surface area contributed by atoms with E-state index in [1.165, 1.54) is 11.3 Å². The molecular formula is C24H32ClN5O. The molecule has 7 heteroatoms. The van der Waals surface area contributed by atoms with E-state index in [2.05, 4.69) is 63.3 Å². The van der Waals surface area contributed by atoms with Crippen LogP contribution in [-0.2, 0) is 11.3 Å². The lowest BCUT2D eigenvalue weighted by Crippen LogP contribution is -2.48. The van der Waals surface area contributed by atoms with Crippen molar-refractivity contribution in [3.05, 3.63) is 64.7 Å². The molecule has 0 radical (unpaired) electrons. The molecule has 0 spiro atoms. The Morgan fingerprint density at radius 2 is 1.61 bits per heavy atom. The predicted octanol–water partition coefficient (Wildman–Crippen LogP) is 3.45. The largest absolute Gasteiger partial charge is 0.372 e. The van der Waals surface area contributed by atoms with E-state index in [0.717, 1.165) is 56.4 Å². The first kappa shape index (κ1) is 23.3. The Hall–Kier alpha value is -2.41. The molecule has 2 aromatic rings. The molecule has 2 aromatic carbocycles. The molecule has 1 aliphatic heterocycles. The summed E-state index contributed by atoms with van der Waals surface area (Å²) < 4.78 is 0. The average molecular weight is 442 g/mol. The quantitative estimate of drug-likeness (QED) is 0.478. The average Bonchev–Trinajstić information content (AvgIpc) is 2.78. The molecule has 1 aliphatic rings. The Bertz CT molecular complexity index is 841. The summed E-state index contributed by atoms with van der Waals surface area (Å²) in [5.74, 6) is -0.0813. The van der Waals surface area contributed by atoms with Crippen LogP contribution in [0.1, 0.15) is 25.0 Å². The van der Waals surface area contributed by atoms with Crippen LogP contribution in [0.4, 0.5) is 5.69 Å². The molecule has 6 nitrogen and oxygen atoms in total. The molecule has 166 valence electrons. The summed E-state index contributed by atoms with van der Waals surface area (Å²) in [5.41, 5.74) is 6.07. The van der Waals surface area contributed by atoms with E-state index in [-0.39, 0.29) is 5.91 Å². The smallest absolute Gasteiger partial charge is 0.254 e. The summed E-state index contributed by atoms with van der Waals surface area (Å²) in [4.78, 5) is 19.1. The van der Waals surface area contributed by atoms with Crippen molar-refractivity contribution in [3.63, 3.8) is 0 Å². The molecule has 1 amide bonds. The summed E-state index contributed by atoms with van der Waals surface area (Å²) in [6, 6.07) is 16.2. The van der Waals surface area contributed by atoms with Gasteiger partial charge in [-0.25, -0.2) is 5.43 Å². The van der Waals surface area contributed by atoms with E-state index in [1.54, 1.807) is 6.21 Å². The Kier molecular flexibility index (Phi) is 8.88. The number of carbonyl (C=O) groups excluding carboxylic acids is 1. The molecule has 1 saturated heterocycles. The topological polar surface area (TPSA) is 51.2 Å². The molecule has 0 saturated carbocycles. The summed E-state index contributed by atoms with van der Waals surface area (Å²) in [6.07, 6.45) is 1.69. The molecule has 31 heavy (non-hydrogen) atoms. The summed E-state index contributed by atoms with van der Waals surface area (Å²) in [6.45, 7) is 11.2. The van der Waals surface area contributed by atoms with Crippen LogP contribution in [0.15, 0.2) is 53.6 Å². The number of halogens is 1. The number of rotatable bonds is 9. The molecule has 1 N–H and O–H groups in total. The van der Waals surface area contributed by atoms with Crippen LogP contribution in [-0.4, -0.2) is 67.7 Å². The lowest BCUT2D eigenvalue weighted by Gasteiger charge is -2.34. The Balaban J connectivity index is 1.38. The number of hydrogen-bond donors (Lipinski definition) is 1. The van der Waals surface area contributed by atoms with E-state index in [4.69, 9.17) is 11.6 Å². The lowest BCUT2D eigenvalue weighted by molar-refractivity contribution is -0.122. The minimum Gasteiger partial charge on any atom is -0.372 e. The molecule has 0 aliphatic carbocycles. The van der Waals surface area contributed by atoms with Gasteiger partial charge in [-0.2, -0.15) is 5.10 Å². The third kappa shape index (κ3) is 7.35. The van der Waals surface area contributed by atoms with Gasteiger partial charge in [0.25, 0.3) is 5.91 Å². The second-order valence-electron chi connectivity index (χ2n) is 7.74. The molecule has 1 fully saturated rings. The lowest BCUT2D eigenvalue weighted by atomic mass is 10.2. The highest BCUT2D eigenvalue weighted by Gasteiger charge is 2.18. The van der Waals surface area contributed by atoms with E-state index in [9.17, 15) is 4.79 Å². The normalized spacial score (nSPS) is 15.3. The van der Waals surface area contributed by atoms with Gasteiger partial charge in [0.2, 0.25) is 0 Å². The fourth-order valence-corrected chi connectivity index (χ4v) is 3.86. The summed E-state index contributed by atoms with van der Waals surface area (Å²) >= 11 is 5.95. The number of amides is 1. The molecule has 0 atom stereocenters. The van der Waals surface area contributed by atoms with Crippen LogP contribution >= 0.6 is 11.6 Å². The van der Waals surface area contributed by atoms with Gasteiger partial charge < -0.3 is 4.90 Å². The molecule has 0 aromatic heterocycles. The van der Waals surface area contributed by atoms with Crippen LogP contribution in [0.3, 0.4) is 0 Å². The van der Waals surface area contributed by atoms with Crippen molar-refractivity contribution in [2.45, 2.75) is 20.4 Å². The van der Waals surface area contributed by atoms with Crippen LogP contribution in [0, 0.1) is 0 Å². The van der Waals surface area contributed by atoms with Crippen molar-refractivity contribution in [2.24, 2.45) is 5.10 Å². The number of anilines is 1. The highest BCUT2D eigenvalue weighted by Crippen LogP contribution is 2.14. The van der Waals surface area contributed by atoms with Gasteiger partial charge in [0.15, 0.2) is 0 Å². The minimum atomic E-state index is -0.0813. The Labute approximate surface area is 190 Å². The van der Waals surface area contributed by atoms with E-state index >= 15 is 0 Å². The van der Waals surface area contributed by atoms with E-state index in [1.807, 2.05) is 24.3 Å². The fourth-order valence-electron chi connectivity index (χ4n) is 3.73. The first-order valence-corrected chi connectivity index (χ1v) is 11.3. The molecule has 1 heterocycles. The van der Waals surface area contributed by atoms with Crippen molar-refractivity contribution in [2.75, 3.05) is 50.7 Å². The van der Waals surface area contributed by atoms with Crippen LogP contribution in [0.25, 0.3) is 0 Å². The van der Waals surface area contributed by atoms with Gasteiger partial charge in [-0.1, -0.05) is 35.9 Å². The predicted molar refractivity (Wildman–Crippen MR) is 129 cm³/mol. The first-order valence-electron chi connectivity index (χ1n) is 10.9. The highest BCUT2D eigenvalue weighted by molar-refractivity contribution is 6.30. The van der Waals surface area contributed by atoms with Gasteiger partial charge in [0.05, 0.1) is 12.8 Å². The van der Waals surface area contributed by atoms with E-state index < -0.39 is 0 Å². The number of nitrogens with one attached hydrogen (secondary N) is 1. The number of hydrazone groups is 1. The van der Waals surface area contributed by atoms with Gasteiger partial charge in [-0.15, -0.1) is 0 Å². The zero-order chi connectivity index (χ0) is 22.1.